The van der Waals surface area contributed by atoms with Crippen molar-refractivity contribution in [1.82, 2.24) is 20.3 Å². The van der Waals surface area contributed by atoms with E-state index in [0.29, 0.717) is 25.1 Å². The van der Waals surface area contributed by atoms with Crippen LogP contribution in [0.3, 0.4) is 0 Å². The molecule has 0 aliphatic carbocycles. The molecule has 7 nitrogen and oxygen atoms in total. The molecule has 29 heavy (non-hydrogen) atoms. The SMILES string of the molecule is CCC1CCCCN1CCNC(=NC)NCCS(=O)(=O)NCc1ccccc1.I. The molecular weight excluding hydrogens is 501 g/mol. The van der Waals surface area contributed by atoms with Gasteiger partial charge in [-0.25, -0.2) is 13.1 Å². The van der Waals surface area contributed by atoms with E-state index in [1.807, 2.05) is 30.3 Å². The van der Waals surface area contributed by atoms with Crippen LogP contribution < -0.4 is 15.4 Å². The van der Waals surface area contributed by atoms with Crippen molar-refractivity contribution in [2.75, 3.05) is 39.0 Å². The molecule has 1 aromatic rings. The summed E-state index contributed by atoms with van der Waals surface area (Å²) in [5.74, 6) is 0.646. The fourth-order valence-electron chi connectivity index (χ4n) is 3.52. The first-order chi connectivity index (χ1) is 13.5. The lowest BCUT2D eigenvalue weighted by Gasteiger charge is -2.35. The highest BCUT2D eigenvalue weighted by Crippen LogP contribution is 2.18. The van der Waals surface area contributed by atoms with Gasteiger partial charge < -0.3 is 10.6 Å². The number of piperidine rings is 1. The van der Waals surface area contributed by atoms with Crippen molar-refractivity contribution in [3.63, 3.8) is 0 Å². The van der Waals surface area contributed by atoms with Crippen LogP contribution in [0.1, 0.15) is 38.2 Å². The van der Waals surface area contributed by atoms with Crippen LogP contribution in [-0.2, 0) is 16.6 Å². The van der Waals surface area contributed by atoms with Crippen molar-refractivity contribution >= 4 is 40.0 Å². The standard InChI is InChI=1S/C20H35N5O2S.HI/c1-3-19-11-7-8-14-25(19)15-12-22-20(21-2)23-13-16-28(26,27)24-17-18-9-5-4-6-10-18;/h4-6,9-10,19,24H,3,7-8,11-17H2,1-2H3,(H2,21,22,23);1H. The van der Waals surface area contributed by atoms with Crippen LogP contribution >= 0.6 is 24.0 Å². The first kappa shape index (κ1) is 26.1. The Bertz CT molecular complexity index is 700. The van der Waals surface area contributed by atoms with Gasteiger partial charge in [0.1, 0.15) is 0 Å². The number of hydrogen-bond acceptors (Lipinski definition) is 4. The van der Waals surface area contributed by atoms with E-state index in [4.69, 9.17) is 0 Å². The minimum Gasteiger partial charge on any atom is -0.355 e. The third kappa shape index (κ3) is 10.1. The Hall–Kier alpha value is -0.910. The molecule has 1 unspecified atom stereocenters. The van der Waals surface area contributed by atoms with Gasteiger partial charge in [-0.15, -0.1) is 24.0 Å². The highest BCUT2D eigenvalue weighted by molar-refractivity contribution is 14.0. The van der Waals surface area contributed by atoms with Crippen LogP contribution in [0.2, 0.25) is 0 Å². The highest BCUT2D eigenvalue weighted by Gasteiger charge is 2.20. The molecule has 0 amide bonds. The summed E-state index contributed by atoms with van der Waals surface area (Å²) in [5, 5.41) is 6.38. The second kappa shape index (κ2) is 14.2. The van der Waals surface area contributed by atoms with Gasteiger partial charge in [0.2, 0.25) is 10.0 Å². The molecule has 9 heteroatoms. The maximum Gasteiger partial charge on any atom is 0.213 e. The second-order valence-corrected chi connectivity index (χ2v) is 9.07. The molecule has 2 rings (SSSR count). The van der Waals surface area contributed by atoms with Crippen molar-refractivity contribution in [1.29, 1.82) is 0 Å². The van der Waals surface area contributed by atoms with Crippen molar-refractivity contribution in [3.8, 4) is 0 Å². The Labute approximate surface area is 193 Å². The van der Waals surface area contributed by atoms with Gasteiger partial charge in [0.05, 0.1) is 5.75 Å². The van der Waals surface area contributed by atoms with Crippen LogP contribution in [0.15, 0.2) is 35.3 Å². The first-order valence-corrected chi connectivity index (χ1v) is 11.9. The fraction of sp³-hybridized carbons (Fsp3) is 0.650. The lowest BCUT2D eigenvalue weighted by atomic mass is 10.0. The summed E-state index contributed by atoms with van der Waals surface area (Å²) < 4.78 is 26.9. The van der Waals surface area contributed by atoms with Crippen LogP contribution in [-0.4, -0.2) is 64.3 Å². The lowest BCUT2D eigenvalue weighted by molar-refractivity contribution is 0.147. The molecule has 1 aromatic carbocycles. The Balaban J connectivity index is 0.00000420. The molecule has 0 radical (unpaired) electrons. The summed E-state index contributed by atoms with van der Waals surface area (Å²) in [7, 11) is -1.63. The van der Waals surface area contributed by atoms with E-state index in [1.54, 1.807) is 7.05 Å². The third-order valence-corrected chi connectivity index (χ3v) is 6.46. The summed E-state index contributed by atoms with van der Waals surface area (Å²) in [4.78, 5) is 6.73. The largest absolute Gasteiger partial charge is 0.355 e. The maximum absolute atomic E-state index is 12.1. The molecule has 1 aliphatic rings. The van der Waals surface area contributed by atoms with E-state index in [-0.39, 0.29) is 29.7 Å². The third-order valence-electron chi connectivity index (χ3n) is 5.14. The van der Waals surface area contributed by atoms with Crippen molar-refractivity contribution in [2.45, 2.75) is 45.2 Å². The summed E-state index contributed by atoms with van der Waals surface area (Å²) in [5.41, 5.74) is 0.944. The number of benzene rings is 1. The predicted octanol–water partition coefficient (Wildman–Crippen LogP) is 2.15. The van der Waals surface area contributed by atoms with E-state index in [1.165, 1.54) is 25.7 Å². The van der Waals surface area contributed by atoms with Crippen molar-refractivity contribution < 1.29 is 8.42 Å². The molecule has 3 N–H and O–H groups in total. The molecule has 1 aliphatic heterocycles. The monoisotopic (exact) mass is 537 g/mol. The molecule has 0 aromatic heterocycles. The zero-order valence-electron chi connectivity index (χ0n) is 17.6. The smallest absolute Gasteiger partial charge is 0.213 e. The molecule has 1 heterocycles. The minimum absolute atomic E-state index is 0. The Morgan fingerprint density at radius 3 is 2.59 bits per heavy atom. The summed E-state index contributed by atoms with van der Waals surface area (Å²) >= 11 is 0. The average Bonchev–Trinajstić information content (AvgIpc) is 2.72. The number of halogens is 1. The van der Waals surface area contributed by atoms with E-state index >= 15 is 0 Å². The summed E-state index contributed by atoms with van der Waals surface area (Å²) in [6.45, 7) is 5.82. The summed E-state index contributed by atoms with van der Waals surface area (Å²) in [6, 6.07) is 10.2. The maximum atomic E-state index is 12.1. The number of sulfonamides is 1. The Morgan fingerprint density at radius 1 is 1.17 bits per heavy atom. The first-order valence-electron chi connectivity index (χ1n) is 10.2. The van der Waals surface area contributed by atoms with E-state index in [9.17, 15) is 8.42 Å². The van der Waals surface area contributed by atoms with Gasteiger partial charge in [-0.3, -0.25) is 9.89 Å². The van der Waals surface area contributed by atoms with Gasteiger partial charge in [0.25, 0.3) is 0 Å². The zero-order chi connectivity index (χ0) is 20.2. The number of guanidine groups is 1. The topological polar surface area (TPSA) is 85.8 Å². The van der Waals surface area contributed by atoms with Crippen LogP contribution in [0, 0.1) is 0 Å². The number of aliphatic imine (C=N–C) groups is 1. The van der Waals surface area contributed by atoms with Crippen LogP contribution in [0.5, 0.6) is 0 Å². The van der Waals surface area contributed by atoms with Crippen LogP contribution in [0.4, 0.5) is 0 Å². The Morgan fingerprint density at radius 2 is 1.90 bits per heavy atom. The second-order valence-electron chi connectivity index (χ2n) is 7.15. The van der Waals surface area contributed by atoms with E-state index in [2.05, 4.69) is 32.2 Å². The molecule has 1 saturated heterocycles. The van der Waals surface area contributed by atoms with Gasteiger partial charge in [0, 0.05) is 39.3 Å². The van der Waals surface area contributed by atoms with Gasteiger partial charge in [-0.1, -0.05) is 43.7 Å². The molecule has 1 atom stereocenters. The molecule has 0 saturated carbocycles. The molecule has 0 bridgehead atoms. The van der Waals surface area contributed by atoms with E-state index < -0.39 is 10.0 Å². The van der Waals surface area contributed by atoms with Gasteiger partial charge in [0.15, 0.2) is 5.96 Å². The van der Waals surface area contributed by atoms with Crippen molar-refractivity contribution in [2.24, 2.45) is 4.99 Å². The van der Waals surface area contributed by atoms with E-state index in [0.717, 1.165) is 25.2 Å². The summed E-state index contributed by atoms with van der Waals surface area (Å²) in [6.07, 6.45) is 5.09. The molecular formula is C20H36IN5O2S. The predicted molar refractivity (Wildman–Crippen MR) is 131 cm³/mol. The number of rotatable bonds is 10. The molecule has 166 valence electrons. The number of likely N-dealkylation sites (tertiary alicyclic amines) is 1. The van der Waals surface area contributed by atoms with Crippen LogP contribution in [0.25, 0.3) is 0 Å². The zero-order valence-corrected chi connectivity index (χ0v) is 20.7. The van der Waals surface area contributed by atoms with Gasteiger partial charge >= 0.3 is 0 Å². The lowest BCUT2D eigenvalue weighted by Crippen LogP contribution is -2.46. The quantitative estimate of drug-likeness (QED) is 0.242. The molecule has 1 fully saturated rings. The highest BCUT2D eigenvalue weighted by atomic mass is 127. The average molecular weight is 538 g/mol. The number of hydrogen-bond donors (Lipinski definition) is 3. The van der Waals surface area contributed by atoms with Crippen molar-refractivity contribution in [3.05, 3.63) is 35.9 Å². The number of nitrogens with one attached hydrogen (secondary N) is 3. The normalized spacial score (nSPS) is 18.1. The Kier molecular flexibility index (Phi) is 12.8. The fourth-order valence-corrected chi connectivity index (χ4v) is 4.42. The van der Waals surface area contributed by atoms with Gasteiger partial charge in [-0.05, 0) is 31.4 Å². The number of nitrogens with zero attached hydrogens (tertiary/aromatic N) is 2. The minimum atomic E-state index is -3.34. The van der Waals surface area contributed by atoms with Gasteiger partial charge in [-0.2, -0.15) is 0 Å². The molecule has 0 spiro atoms.